The van der Waals surface area contributed by atoms with Gasteiger partial charge in [-0.25, -0.2) is 0 Å². The van der Waals surface area contributed by atoms with Gasteiger partial charge in [0.15, 0.2) is 0 Å². The van der Waals surface area contributed by atoms with Crippen LogP contribution in [0.25, 0.3) is 0 Å². The van der Waals surface area contributed by atoms with E-state index in [1.807, 2.05) is 43.3 Å². The minimum absolute atomic E-state index is 0.503. The molecule has 1 N–H and O–H groups in total. The summed E-state index contributed by atoms with van der Waals surface area (Å²) in [6, 6.07) is 14.0. The van der Waals surface area contributed by atoms with Crippen molar-refractivity contribution in [3.63, 3.8) is 0 Å². The van der Waals surface area contributed by atoms with Crippen molar-refractivity contribution in [2.75, 3.05) is 0 Å². The summed E-state index contributed by atoms with van der Waals surface area (Å²) in [6.07, 6.45) is 0.974. The molecule has 0 radical (unpaired) electrons. The smallest absolute Gasteiger partial charge is 0.0833 e. The molecule has 2 rings (SSSR count). The molecule has 1 unspecified atom stereocenters. The van der Waals surface area contributed by atoms with Gasteiger partial charge in [-0.3, -0.25) is 0 Å². The van der Waals surface area contributed by atoms with Crippen molar-refractivity contribution in [2.24, 2.45) is 0 Å². The second-order valence-electron chi connectivity index (χ2n) is 4.87. The fraction of sp³-hybridized carbons (Fsp3) is 0.294. The first-order chi connectivity index (χ1) is 9.11. The summed E-state index contributed by atoms with van der Waals surface area (Å²) >= 11 is 6.22. The van der Waals surface area contributed by atoms with E-state index in [1.165, 1.54) is 5.56 Å². The molecule has 2 aromatic carbocycles. The Bertz CT molecular complexity index is 563. The number of aryl methyl sites for hydroxylation is 2. The summed E-state index contributed by atoms with van der Waals surface area (Å²) in [6.45, 7) is 4.11. The zero-order valence-electron chi connectivity index (χ0n) is 11.4. The van der Waals surface area contributed by atoms with Gasteiger partial charge >= 0.3 is 0 Å². The van der Waals surface area contributed by atoms with Crippen LogP contribution in [0.1, 0.15) is 35.3 Å². The predicted molar refractivity (Wildman–Crippen MR) is 80.7 cm³/mol. The fourth-order valence-electron chi connectivity index (χ4n) is 2.32. The average molecular weight is 275 g/mol. The van der Waals surface area contributed by atoms with Crippen LogP contribution in [0.4, 0.5) is 0 Å². The van der Waals surface area contributed by atoms with Crippen molar-refractivity contribution in [3.05, 3.63) is 69.7 Å². The second kappa shape index (κ2) is 6.23. The first kappa shape index (κ1) is 14.1. The van der Waals surface area contributed by atoms with E-state index in [1.54, 1.807) is 0 Å². The highest BCUT2D eigenvalue weighted by atomic mass is 35.5. The van der Waals surface area contributed by atoms with E-state index >= 15 is 0 Å². The van der Waals surface area contributed by atoms with Crippen molar-refractivity contribution in [2.45, 2.75) is 32.8 Å². The van der Waals surface area contributed by atoms with E-state index in [9.17, 15) is 5.11 Å². The topological polar surface area (TPSA) is 20.2 Å². The Morgan fingerprint density at radius 3 is 2.53 bits per heavy atom. The normalized spacial score (nSPS) is 12.4. The van der Waals surface area contributed by atoms with Crippen molar-refractivity contribution >= 4 is 11.6 Å². The molecule has 0 amide bonds. The Labute approximate surface area is 119 Å². The molecule has 0 aliphatic carbocycles. The largest absolute Gasteiger partial charge is 0.388 e. The molecule has 0 heterocycles. The summed E-state index contributed by atoms with van der Waals surface area (Å²) in [7, 11) is 0. The lowest BCUT2D eigenvalue weighted by Gasteiger charge is -2.16. The molecule has 0 fully saturated rings. The summed E-state index contributed by atoms with van der Waals surface area (Å²) in [5.41, 5.74) is 4.32. The lowest BCUT2D eigenvalue weighted by molar-refractivity contribution is 0.177. The van der Waals surface area contributed by atoms with Gasteiger partial charge in [0.2, 0.25) is 0 Å². The van der Waals surface area contributed by atoms with Crippen LogP contribution < -0.4 is 0 Å². The molecule has 2 heteroatoms. The van der Waals surface area contributed by atoms with Gasteiger partial charge < -0.3 is 5.11 Å². The van der Waals surface area contributed by atoms with Crippen molar-refractivity contribution < 1.29 is 5.11 Å². The monoisotopic (exact) mass is 274 g/mol. The number of hydrogen-bond donors (Lipinski definition) is 1. The minimum atomic E-state index is -0.503. The number of hydrogen-bond acceptors (Lipinski definition) is 1. The van der Waals surface area contributed by atoms with Crippen LogP contribution in [0.2, 0.25) is 5.02 Å². The molecule has 0 bridgehead atoms. The lowest BCUT2D eigenvalue weighted by atomic mass is 9.95. The van der Waals surface area contributed by atoms with Crippen LogP contribution in [0, 0.1) is 6.92 Å². The molecule has 1 atom stereocenters. The molecule has 0 saturated heterocycles. The Morgan fingerprint density at radius 2 is 1.84 bits per heavy atom. The summed E-state index contributed by atoms with van der Waals surface area (Å²) < 4.78 is 0. The quantitative estimate of drug-likeness (QED) is 0.871. The Hall–Kier alpha value is -1.31. The zero-order chi connectivity index (χ0) is 13.8. The molecular formula is C17H19ClO. The molecule has 2 aromatic rings. The third-order valence-corrected chi connectivity index (χ3v) is 3.77. The number of aliphatic hydroxyl groups excluding tert-OH is 1. The lowest BCUT2D eigenvalue weighted by Crippen LogP contribution is -2.05. The maximum absolute atomic E-state index is 10.4. The average Bonchev–Trinajstić information content (AvgIpc) is 2.41. The summed E-state index contributed by atoms with van der Waals surface area (Å²) in [5, 5.41) is 11.2. The molecule has 100 valence electrons. The third-order valence-electron chi connectivity index (χ3n) is 3.42. The van der Waals surface area contributed by atoms with Gasteiger partial charge in [0, 0.05) is 11.4 Å². The predicted octanol–water partition coefficient (Wildman–Crippen LogP) is 4.49. The van der Waals surface area contributed by atoms with Crippen molar-refractivity contribution in [3.8, 4) is 0 Å². The maximum Gasteiger partial charge on any atom is 0.0833 e. The van der Waals surface area contributed by atoms with Gasteiger partial charge in [-0.2, -0.15) is 0 Å². The first-order valence-corrected chi connectivity index (χ1v) is 7.00. The Balaban J connectivity index is 2.23. The molecule has 0 aromatic heterocycles. The highest BCUT2D eigenvalue weighted by molar-refractivity contribution is 6.31. The van der Waals surface area contributed by atoms with Crippen LogP contribution in [-0.2, 0) is 12.8 Å². The maximum atomic E-state index is 10.4. The van der Waals surface area contributed by atoms with Crippen LogP contribution in [0.3, 0.4) is 0 Å². The van der Waals surface area contributed by atoms with Gasteiger partial charge in [-0.05, 0) is 41.7 Å². The molecule has 0 saturated carbocycles. The number of halogens is 1. The van der Waals surface area contributed by atoms with Gasteiger partial charge in [-0.1, -0.05) is 54.9 Å². The molecule has 0 spiro atoms. The molecule has 1 nitrogen and oxygen atoms in total. The van der Waals surface area contributed by atoms with Gasteiger partial charge in [0.05, 0.1) is 6.10 Å². The van der Waals surface area contributed by atoms with Crippen molar-refractivity contribution in [1.82, 2.24) is 0 Å². The van der Waals surface area contributed by atoms with E-state index in [0.29, 0.717) is 6.42 Å². The van der Waals surface area contributed by atoms with E-state index in [2.05, 4.69) is 13.0 Å². The van der Waals surface area contributed by atoms with Gasteiger partial charge in [-0.15, -0.1) is 0 Å². The number of aliphatic hydroxyl groups is 1. The van der Waals surface area contributed by atoms with Crippen LogP contribution in [-0.4, -0.2) is 5.11 Å². The van der Waals surface area contributed by atoms with Crippen LogP contribution in [0.5, 0.6) is 0 Å². The minimum Gasteiger partial charge on any atom is -0.388 e. The van der Waals surface area contributed by atoms with E-state index in [4.69, 9.17) is 11.6 Å². The zero-order valence-corrected chi connectivity index (χ0v) is 12.1. The van der Waals surface area contributed by atoms with E-state index in [0.717, 1.165) is 28.1 Å². The highest BCUT2D eigenvalue weighted by Crippen LogP contribution is 2.26. The van der Waals surface area contributed by atoms with Gasteiger partial charge in [0.1, 0.15) is 0 Å². The molecule has 19 heavy (non-hydrogen) atoms. The van der Waals surface area contributed by atoms with Crippen LogP contribution in [0.15, 0.2) is 42.5 Å². The van der Waals surface area contributed by atoms with Gasteiger partial charge in [0.25, 0.3) is 0 Å². The first-order valence-electron chi connectivity index (χ1n) is 6.62. The summed E-state index contributed by atoms with van der Waals surface area (Å²) in [5.74, 6) is 0. The Morgan fingerprint density at radius 1 is 1.11 bits per heavy atom. The van der Waals surface area contributed by atoms with E-state index < -0.39 is 6.10 Å². The standard InChI is InChI=1S/C17H19ClO/c1-3-13-6-4-5-7-15(13)17(19)11-14-9-8-12(2)10-16(14)18/h4-10,17,19H,3,11H2,1-2H3. The molecule has 0 aliphatic heterocycles. The second-order valence-corrected chi connectivity index (χ2v) is 5.27. The molecular weight excluding hydrogens is 256 g/mol. The molecule has 0 aliphatic rings. The summed E-state index contributed by atoms with van der Waals surface area (Å²) in [4.78, 5) is 0. The highest BCUT2D eigenvalue weighted by Gasteiger charge is 2.13. The van der Waals surface area contributed by atoms with Crippen molar-refractivity contribution in [1.29, 1.82) is 0 Å². The SMILES string of the molecule is CCc1ccccc1C(O)Cc1ccc(C)cc1Cl. The van der Waals surface area contributed by atoms with E-state index in [-0.39, 0.29) is 0 Å². The Kier molecular flexibility index (Phi) is 4.62. The van der Waals surface area contributed by atoms with Crippen LogP contribution >= 0.6 is 11.6 Å². The third kappa shape index (κ3) is 3.37. The fourth-order valence-corrected chi connectivity index (χ4v) is 2.63. The number of benzene rings is 2. The number of rotatable bonds is 4.